The average molecular weight is 347 g/mol. The Kier molecular flexibility index (Phi) is 3.53. The fourth-order valence-corrected chi connectivity index (χ4v) is 3.11. The molecule has 1 fully saturated rings. The number of H-pyrrole nitrogens is 1. The van der Waals surface area contributed by atoms with Crippen LogP contribution in [-0.4, -0.2) is 50.0 Å². The van der Waals surface area contributed by atoms with E-state index in [1.807, 2.05) is 18.2 Å². The number of alkyl halides is 2. The Bertz CT molecular complexity index is 970. The van der Waals surface area contributed by atoms with Crippen LogP contribution < -0.4 is 10.5 Å². The lowest BCUT2D eigenvalue weighted by Gasteiger charge is -2.22. The van der Waals surface area contributed by atoms with E-state index < -0.39 is 37.1 Å². The van der Waals surface area contributed by atoms with Crippen LogP contribution in [0.4, 0.5) is 14.7 Å². The monoisotopic (exact) mass is 347 g/mol. The summed E-state index contributed by atoms with van der Waals surface area (Å²) in [5.41, 5.74) is 0.512. The number of rotatable bonds is 3. The molecule has 0 radical (unpaired) electrons. The van der Waals surface area contributed by atoms with Crippen LogP contribution in [0.15, 0.2) is 41.3 Å². The molecule has 1 unspecified atom stereocenters. The predicted octanol–water partition coefficient (Wildman–Crippen LogP) is 1.32. The molecule has 1 saturated heterocycles. The van der Waals surface area contributed by atoms with Crippen LogP contribution in [0.1, 0.15) is 6.42 Å². The van der Waals surface area contributed by atoms with Crippen molar-refractivity contribution in [3.63, 3.8) is 0 Å². The van der Waals surface area contributed by atoms with Gasteiger partial charge in [-0.05, 0) is 12.1 Å². The smallest absolute Gasteiger partial charge is 0.267 e. The topological polar surface area (TPSA) is 87.0 Å². The van der Waals surface area contributed by atoms with Crippen molar-refractivity contribution in [2.45, 2.75) is 18.4 Å². The molecule has 1 atom stereocenters. The van der Waals surface area contributed by atoms with Crippen molar-refractivity contribution in [3.05, 3.63) is 46.9 Å². The maximum Gasteiger partial charge on any atom is 0.267 e. The molecule has 9 heteroatoms. The van der Waals surface area contributed by atoms with Gasteiger partial charge in [0, 0.05) is 6.42 Å². The number of aliphatic hydroxyl groups is 1. The molecule has 130 valence electrons. The lowest BCUT2D eigenvalue weighted by atomic mass is 10.2. The Labute approximate surface area is 140 Å². The number of aromatic amines is 1. The fourth-order valence-electron chi connectivity index (χ4n) is 3.11. The van der Waals surface area contributed by atoms with Crippen molar-refractivity contribution in [3.8, 4) is 5.69 Å². The molecule has 0 spiro atoms. The molecule has 0 amide bonds. The number of para-hydroxylation sites is 1. The Balaban J connectivity index is 1.85. The maximum absolute atomic E-state index is 13.7. The van der Waals surface area contributed by atoms with Crippen LogP contribution in [0.3, 0.4) is 0 Å². The van der Waals surface area contributed by atoms with Crippen molar-refractivity contribution in [1.82, 2.24) is 19.7 Å². The van der Waals surface area contributed by atoms with Crippen LogP contribution in [0, 0.1) is 0 Å². The summed E-state index contributed by atoms with van der Waals surface area (Å²) in [6.45, 7) is -1.05. The fraction of sp³-hybridized carbons (Fsp3) is 0.312. The number of benzene rings is 1. The summed E-state index contributed by atoms with van der Waals surface area (Å²) in [5.74, 6) is -2.94. The molecule has 1 aliphatic heterocycles. The van der Waals surface area contributed by atoms with Crippen LogP contribution in [0.5, 0.6) is 0 Å². The molecule has 4 rings (SSSR count). The van der Waals surface area contributed by atoms with E-state index >= 15 is 0 Å². The summed E-state index contributed by atoms with van der Waals surface area (Å²) < 4.78 is 28.9. The van der Waals surface area contributed by atoms with Gasteiger partial charge in [0.05, 0.1) is 31.1 Å². The van der Waals surface area contributed by atoms with Gasteiger partial charge < -0.3 is 10.0 Å². The molecule has 0 saturated carbocycles. The SMILES string of the molecule is O=c1[nH]c(N2CC(F)(F)CC2CO)nc2c1cnn2-c1ccccc1. The number of nitrogens with zero attached hydrogens (tertiary/aromatic N) is 4. The summed E-state index contributed by atoms with van der Waals surface area (Å²) in [7, 11) is 0. The summed E-state index contributed by atoms with van der Waals surface area (Å²) >= 11 is 0. The van der Waals surface area contributed by atoms with E-state index in [-0.39, 0.29) is 17.0 Å². The normalized spacial score (nSPS) is 19.6. The standard InChI is InChI=1S/C16H15F2N5O2/c17-16(18)6-11(8-24)22(9-16)15-20-13-12(14(25)21-15)7-19-23(13)10-4-2-1-3-5-10/h1-5,7,11,24H,6,8-9H2,(H,20,21,25). The highest BCUT2D eigenvalue weighted by Gasteiger charge is 2.45. The van der Waals surface area contributed by atoms with Crippen molar-refractivity contribution in [2.24, 2.45) is 0 Å². The van der Waals surface area contributed by atoms with E-state index in [1.165, 1.54) is 15.8 Å². The molecule has 0 aliphatic carbocycles. The Hall–Kier alpha value is -2.81. The third kappa shape index (κ3) is 2.66. The molecule has 25 heavy (non-hydrogen) atoms. The van der Waals surface area contributed by atoms with Crippen LogP contribution in [-0.2, 0) is 0 Å². The largest absolute Gasteiger partial charge is 0.394 e. The van der Waals surface area contributed by atoms with Gasteiger partial charge in [-0.15, -0.1) is 0 Å². The Morgan fingerprint density at radius 3 is 2.80 bits per heavy atom. The molecule has 3 heterocycles. The number of aliphatic hydroxyl groups excluding tert-OH is 1. The quantitative estimate of drug-likeness (QED) is 0.746. The van der Waals surface area contributed by atoms with Gasteiger partial charge >= 0.3 is 0 Å². The highest BCUT2D eigenvalue weighted by Crippen LogP contribution is 2.34. The van der Waals surface area contributed by atoms with E-state index in [0.717, 1.165) is 0 Å². The van der Waals surface area contributed by atoms with Gasteiger partial charge in [-0.2, -0.15) is 10.1 Å². The zero-order valence-corrected chi connectivity index (χ0v) is 13.1. The van der Waals surface area contributed by atoms with Gasteiger partial charge in [0.15, 0.2) is 5.65 Å². The minimum Gasteiger partial charge on any atom is -0.394 e. The molecular weight excluding hydrogens is 332 g/mol. The summed E-state index contributed by atoms with van der Waals surface area (Å²) in [6.07, 6.45) is 0.906. The van der Waals surface area contributed by atoms with Gasteiger partial charge in [0.25, 0.3) is 11.5 Å². The van der Waals surface area contributed by atoms with Gasteiger partial charge in [0.2, 0.25) is 5.95 Å². The van der Waals surface area contributed by atoms with E-state index in [9.17, 15) is 18.7 Å². The summed E-state index contributed by atoms with van der Waals surface area (Å²) in [6, 6.07) is 8.28. The number of halogens is 2. The number of fused-ring (bicyclic) bond motifs is 1. The molecule has 1 aliphatic rings. The van der Waals surface area contributed by atoms with Gasteiger partial charge in [-0.25, -0.2) is 13.5 Å². The van der Waals surface area contributed by atoms with Gasteiger partial charge in [-0.1, -0.05) is 18.2 Å². The lowest BCUT2D eigenvalue weighted by Crippen LogP contribution is -2.35. The third-order valence-electron chi connectivity index (χ3n) is 4.29. The highest BCUT2D eigenvalue weighted by atomic mass is 19.3. The summed E-state index contributed by atoms with van der Waals surface area (Å²) in [4.78, 5) is 20.4. The van der Waals surface area contributed by atoms with Gasteiger partial charge in [-0.3, -0.25) is 9.78 Å². The van der Waals surface area contributed by atoms with E-state index in [4.69, 9.17) is 0 Å². The van der Waals surface area contributed by atoms with E-state index in [2.05, 4.69) is 15.1 Å². The Morgan fingerprint density at radius 2 is 2.08 bits per heavy atom. The molecule has 2 aromatic heterocycles. The number of anilines is 1. The van der Waals surface area contributed by atoms with Crippen molar-refractivity contribution < 1.29 is 13.9 Å². The summed E-state index contributed by atoms with van der Waals surface area (Å²) in [5, 5.41) is 13.8. The van der Waals surface area contributed by atoms with E-state index in [1.54, 1.807) is 12.1 Å². The predicted molar refractivity (Wildman–Crippen MR) is 87.3 cm³/mol. The lowest BCUT2D eigenvalue weighted by molar-refractivity contribution is 0.0201. The molecule has 3 aromatic rings. The number of hydrogen-bond donors (Lipinski definition) is 2. The molecular formula is C16H15F2N5O2. The zero-order valence-electron chi connectivity index (χ0n) is 13.1. The van der Waals surface area contributed by atoms with Crippen molar-refractivity contribution in [1.29, 1.82) is 0 Å². The highest BCUT2D eigenvalue weighted by molar-refractivity contribution is 5.76. The number of hydrogen-bond acceptors (Lipinski definition) is 5. The average Bonchev–Trinajstić information content (AvgIpc) is 3.16. The first-order valence-electron chi connectivity index (χ1n) is 7.77. The van der Waals surface area contributed by atoms with Crippen LogP contribution in [0.25, 0.3) is 16.7 Å². The van der Waals surface area contributed by atoms with Crippen LogP contribution >= 0.6 is 0 Å². The molecule has 7 nitrogen and oxygen atoms in total. The number of nitrogens with one attached hydrogen (secondary N) is 1. The first kappa shape index (κ1) is 15.7. The zero-order chi connectivity index (χ0) is 17.6. The molecule has 1 aromatic carbocycles. The van der Waals surface area contributed by atoms with E-state index in [0.29, 0.717) is 5.69 Å². The third-order valence-corrected chi connectivity index (χ3v) is 4.29. The van der Waals surface area contributed by atoms with Crippen molar-refractivity contribution >= 4 is 17.0 Å². The minimum absolute atomic E-state index is 0.00593. The van der Waals surface area contributed by atoms with Crippen molar-refractivity contribution in [2.75, 3.05) is 18.1 Å². The molecule has 0 bridgehead atoms. The first-order valence-corrected chi connectivity index (χ1v) is 7.77. The Morgan fingerprint density at radius 1 is 1.32 bits per heavy atom. The second-order valence-corrected chi connectivity index (χ2v) is 6.04. The maximum atomic E-state index is 13.7. The minimum atomic E-state index is -2.94. The van der Waals surface area contributed by atoms with Gasteiger partial charge in [0.1, 0.15) is 5.39 Å². The first-order chi connectivity index (χ1) is 12.0. The molecule has 2 N–H and O–H groups in total. The van der Waals surface area contributed by atoms with Crippen LogP contribution in [0.2, 0.25) is 0 Å². The second-order valence-electron chi connectivity index (χ2n) is 6.04. The second kappa shape index (κ2) is 5.62. The number of aromatic nitrogens is 4.